The molecule has 0 saturated heterocycles. The van der Waals surface area contributed by atoms with Crippen LogP contribution in [0.3, 0.4) is 0 Å². The van der Waals surface area contributed by atoms with Gasteiger partial charge in [0, 0.05) is 11.0 Å². The van der Waals surface area contributed by atoms with Crippen molar-refractivity contribution in [2.24, 2.45) is 0 Å². The molecule has 1 aromatic rings. The first-order valence-electron chi connectivity index (χ1n) is 5.26. The summed E-state index contributed by atoms with van der Waals surface area (Å²) in [5.41, 5.74) is 1.98. The Balaban J connectivity index is 2.81. The maximum Gasteiger partial charge on any atom is 0.138 e. The molecule has 1 N–H and O–H groups in total. The predicted octanol–water partition coefficient (Wildman–Crippen LogP) is 3.63. The topological polar surface area (TPSA) is 12.0 Å². The molecule has 84 valence electrons. The summed E-state index contributed by atoms with van der Waals surface area (Å²) in [6.07, 6.45) is 1.21. The molecule has 0 aromatic heterocycles. The standard InChI is InChI=1S/C12H17BrFN/c1-3-4-9-5-6-10(7-11(9)13)12(14)8-15-2/h5-7,12,15H,3-4,8H2,1-2H3. The van der Waals surface area contributed by atoms with Gasteiger partial charge in [-0.3, -0.25) is 0 Å². The van der Waals surface area contributed by atoms with Crippen molar-refractivity contribution in [3.63, 3.8) is 0 Å². The van der Waals surface area contributed by atoms with Crippen molar-refractivity contribution in [2.45, 2.75) is 25.9 Å². The summed E-state index contributed by atoms with van der Waals surface area (Å²) in [4.78, 5) is 0. The van der Waals surface area contributed by atoms with Gasteiger partial charge in [0.25, 0.3) is 0 Å². The van der Waals surface area contributed by atoms with E-state index in [4.69, 9.17) is 0 Å². The number of hydrogen-bond acceptors (Lipinski definition) is 1. The quantitative estimate of drug-likeness (QED) is 0.864. The maximum atomic E-state index is 13.5. The van der Waals surface area contributed by atoms with E-state index in [1.54, 1.807) is 7.05 Å². The molecule has 1 nitrogen and oxygen atoms in total. The van der Waals surface area contributed by atoms with E-state index in [1.165, 1.54) is 5.56 Å². The molecule has 0 radical (unpaired) electrons. The lowest BCUT2D eigenvalue weighted by atomic mass is 10.1. The Morgan fingerprint density at radius 3 is 2.73 bits per heavy atom. The van der Waals surface area contributed by atoms with Crippen LogP contribution in [0.5, 0.6) is 0 Å². The second kappa shape index (κ2) is 6.23. The van der Waals surface area contributed by atoms with Gasteiger partial charge in [-0.25, -0.2) is 4.39 Å². The van der Waals surface area contributed by atoms with Gasteiger partial charge < -0.3 is 5.32 Å². The highest BCUT2D eigenvalue weighted by Gasteiger charge is 2.10. The molecule has 0 bridgehead atoms. The van der Waals surface area contributed by atoms with Gasteiger partial charge in [-0.15, -0.1) is 0 Å². The van der Waals surface area contributed by atoms with Crippen LogP contribution in [0.2, 0.25) is 0 Å². The van der Waals surface area contributed by atoms with Crippen molar-refractivity contribution in [1.29, 1.82) is 0 Å². The minimum atomic E-state index is -0.929. The van der Waals surface area contributed by atoms with Crippen LogP contribution in [-0.2, 0) is 6.42 Å². The highest BCUT2D eigenvalue weighted by Crippen LogP contribution is 2.25. The van der Waals surface area contributed by atoms with E-state index in [0.29, 0.717) is 6.54 Å². The smallest absolute Gasteiger partial charge is 0.138 e. The molecule has 1 unspecified atom stereocenters. The monoisotopic (exact) mass is 273 g/mol. The van der Waals surface area contributed by atoms with Gasteiger partial charge in [0.15, 0.2) is 0 Å². The normalized spacial score (nSPS) is 12.8. The first kappa shape index (κ1) is 12.7. The van der Waals surface area contributed by atoms with Crippen LogP contribution in [0.25, 0.3) is 0 Å². The van der Waals surface area contributed by atoms with Gasteiger partial charge in [0.1, 0.15) is 6.17 Å². The van der Waals surface area contributed by atoms with Crippen LogP contribution in [0.4, 0.5) is 4.39 Å². The number of hydrogen-bond donors (Lipinski definition) is 1. The van der Waals surface area contributed by atoms with Gasteiger partial charge >= 0.3 is 0 Å². The number of likely N-dealkylation sites (N-methyl/N-ethyl adjacent to an activating group) is 1. The largest absolute Gasteiger partial charge is 0.317 e. The van der Waals surface area contributed by atoms with Crippen molar-refractivity contribution in [3.05, 3.63) is 33.8 Å². The van der Waals surface area contributed by atoms with Crippen molar-refractivity contribution < 1.29 is 4.39 Å². The Kier molecular flexibility index (Phi) is 5.26. The van der Waals surface area contributed by atoms with Crippen LogP contribution >= 0.6 is 15.9 Å². The Hall–Kier alpha value is -0.410. The molecule has 1 rings (SSSR count). The lowest BCUT2D eigenvalue weighted by molar-refractivity contribution is 0.335. The van der Waals surface area contributed by atoms with Gasteiger partial charge in [0.05, 0.1) is 0 Å². The van der Waals surface area contributed by atoms with Gasteiger partial charge in [-0.1, -0.05) is 41.4 Å². The molecule has 3 heteroatoms. The molecule has 0 aliphatic rings. The van der Waals surface area contributed by atoms with Crippen LogP contribution in [0.1, 0.15) is 30.6 Å². The molecule has 15 heavy (non-hydrogen) atoms. The zero-order chi connectivity index (χ0) is 11.3. The average molecular weight is 274 g/mol. The summed E-state index contributed by atoms with van der Waals surface area (Å²) >= 11 is 3.48. The molecule has 0 amide bonds. The fraction of sp³-hybridized carbons (Fsp3) is 0.500. The lowest BCUT2D eigenvalue weighted by Crippen LogP contribution is -2.13. The highest BCUT2D eigenvalue weighted by atomic mass is 79.9. The second-order valence-electron chi connectivity index (χ2n) is 3.63. The summed E-state index contributed by atoms with van der Waals surface area (Å²) < 4.78 is 14.6. The Bertz CT molecular complexity index is 314. The number of halogens is 2. The predicted molar refractivity (Wildman–Crippen MR) is 65.9 cm³/mol. The number of rotatable bonds is 5. The van der Waals surface area contributed by atoms with Gasteiger partial charge in [-0.05, 0) is 30.7 Å². The van der Waals surface area contributed by atoms with Crippen LogP contribution < -0.4 is 5.32 Å². The van der Waals surface area contributed by atoms with E-state index >= 15 is 0 Å². The third-order valence-corrected chi connectivity index (χ3v) is 3.08. The third-order valence-electron chi connectivity index (χ3n) is 2.34. The number of alkyl halides is 1. The molecule has 0 fully saturated rings. The fourth-order valence-corrected chi connectivity index (χ4v) is 2.12. The molecular formula is C12H17BrFN. The number of benzene rings is 1. The zero-order valence-electron chi connectivity index (χ0n) is 9.19. The van der Waals surface area contributed by atoms with E-state index in [1.807, 2.05) is 18.2 Å². The van der Waals surface area contributed by atoms with E-state index in [2.05, 4.69) is 28.2 Å². The molecule has 1 atom stereocenters. The van der Waals surface area contributed by atoms with E-state index in [-0.39, 0.29) is 0 Å². The summed E-state index contributed by atoms with van der Waals surface area (Å²) in [7, 11) is 1.76. The van der Waals surface area contributed by atoms with E-state index < -0.39 is 6.17 Å². The molecular weight excluding hydrogens is 257 g/mol. The molecule has 0 aliphatic carbocycles. The average Bonchev–Trinajstić information content (AvgIpc) is 2.21. The van der Waals surface area contributed by atoms with Crippen LogP contribution in [0, 0.1) is 0 Å². The van der Waals surface area contributed by atoms with Crippen molar-refractivity contribution in [3.8, 4) is 0 Å². The summed E-state index contributed by atoms with van der Waals surface area (Å²) in [6.45, 7) is 2.50. The minimum absolute atomic E-state index is 0.361. The first-order chi connectivity index (χ1) is 7.19. The number of nitrogens with one attached hydrogen (secondary N) is 1. The Labute approximate surface area is 99.2 Å². The van der Waals surface area contributed by atoms with E-state index in [9.17, 15) is 4.39 Å². The van der Waals surface area contributed by atoms with Crippen LogP contribution in [0.15, 0.2) is 22.7 Å². The minimum Gasteiger partial charge on any atom is -0.317 e. The summed E-state index contributed by atoms with van der Waals surface area (Å²) in [6, 6.07) is 5.76. The lowest BCUT2D eigenvalue weighted by Gasteiger charge is -2.10. The molecule has 1 aromatic carbocycles. The molecule has 0 heterocycles. The number of aryl methyl sites for hydroxylation is 1. The highest BCUT2D eigenvalue weighted by molar-refractivity contribution is 9.10. The third kappa shape index (κ3) is 3.58. The zero-order valence-corrected chi connectivity index (χ0v) is 10.8. The SMILES string of the molecule is CCCc1ccc(C(F)CNC)cc1Br. The van der Waals surface area contributed by atoms with Gasteiger partial charge in [-0.2, -0.15) is 0 Å². The first-order valence-corrected chi connectivity index (χ1v) is 6.05. The second-order valence-corrected chi connectivity index (χ2v) is 4.48. The maximum absolute atomic E-state index is 13.5. The summed E-state index contributed by atoms with van der Waals surface area (Å²) in [5.74, 6) is 0. The van der Waals surface area contributed by atoms with Gasteiger partial charge in [0.2, 0.25) is 0 Å². The summed E-state index contributed by atoms with van der Waals surface area (Å²) in [5, 5.41) is 2.83. The van der Waals surface area contributed by atoms with Crippen molar-refractivity contribution in [2.75, 3.05) is 13.6 Å². The Morgan fingerprint density at radius 2 is 2.20 bits per heavy atom. The molecule has 0 aliphatic heterocycles. The van der Waals surface area contributed by atoms with E-state index in [0.717, 1.165) is 22.9 Å². The molecule has 0 spiro atoms. The molecule has 0 saturated carbocycles. The Morgan fingerprint density at radius 1 is 1.47 bits per heavy atom. The van der Waals surface area contributed by atoms with Crippen LogP contribution in [-0.4, -0.2) is 13.6 Å². The fourth-order valence-electron chi connectivity index (χ4n) is 1.53. The van der Waals surface area contributed by atoms with Crippen molar-refractivity contribution in [1.82, 2.24) is 5.32 Å². The van der Waals surface area contributed by atoms with Crippen molar-refractivity contribution >= 4 is 15.9 Å².